The van der Waals surface area contributed by atoms with Gasteiger partial charge in [0.1, 0.15) is 11.0 Å². The van der Waals surface area contributed by atoms with E-state index in [0.29, 0.717) is 5.15 Å². The van der Waals surface area contributed by atoms with Crippen LogP contribution in [-0.4, -0.2) is 53.5 Å². The molecule has 1 aliphatic heterocycles. The first-order valence-electron chi connectivity index (χ1n) is 6.07. The Balaban J connectivity index is 2.33. The lowest BCUT2D eigenvalue weighted by Gasteiger charge is -2.26. The van der Waals surface area contributed by atoms with Gasteiger partial charge >= 0.3 is 0 Å². The molecule has 0 saturated carbocycles. The zero-order chi connectivity index (χ0) is 13.3. The van der Waals surface area contributed by atoms with E-state index >= 15 is 0 Å². The summed E-state index contributed by atoms with van der Waals surface area (Å²) in [7, 11) is 4.26. The number of likely N-dealkylation sites (N-methyl/N-ethyl adjacent to an activating group) is 2. The van der Waals surface area contributed by atoms with Gasteiger partial charge in [0.05, 0.1) is 16.2 Å². The molecule has 0 spiro atoms. The second-order valence-corrected chi connectivity index (χ2v) is 6.04. The van der Waals surface area contributed by atoms with Crippen LogP contribution in [0.25, 0.3) is 0 Å². The number of rotatable bonds is 1. The fourth-order valence-corrected chi connectivity index (χ4v) is 2.65. The molecule has 4 nitrogen and oxygen atoms in total. The van der Waals surface area contributed by atoms with Crippen molar-refractivity contribution in [2.45, 2.75) is 19.4 Å². The molecular formula is C12H18BrClN4. The summed E-state index contributed by atoms with van der Waals surface area (Å²) in [5, 5.41) is 0.498. The van der Waals surface area contributed by atoms with Crippen molar-refractivity contribution in [3.63, 3.8) is 0 Å². The third-order valence-electron chi connectivity index (χ3n) is 3.36. The van der Waals surface area contributed by atoms with Crippen LogP contribution in [0.5, 0.6) is 0 Å². The van der Waals surface area contributed by atoms with Crippen molar-refractivity contribution in [1.29, 1.82) is 0 Å². The summed E-state index contributed by atoms with van der Waals surface area (Å²) in [5.41, 5.74) is 0.894. The van der Waals surface area contributed by atoms with Crippen LogP contribution >= 0.6 is 27.5 Å². The predicted octanol–water partition coefficient (Wildman–Crippen LogP) is 2.51. The van der Waals surface area contributed by atoms with Crippen LogP contribution < -0.4 is 0 Å². The van der Waals surface area contributed by atoms with Crippen LogP contribution in [0.1, 0.15) is 24.0 Å². The summed E-state index contributed by atoms with van der Waals surface area (Å²) in [4.78, 5) is 13.6. The second-order valence-electron chi connectivity index (χ2n) is 4.88. The standard InChI is InChI=1S/C12H18BrClN4/c1-8-10(13)11(14)16-12(15-8)9-7-17(2)5-4-6-18(9)3/h9H,4-7H2,1-3H3. The maximum absolute atomic E-state index is 6.13. The highest BCUT2D eigenvalue weighted by atomic mass is 79.9. The molecule has 1 aromatic rings. The molecule has 1 fully saturated rings. The summed E-state index contributed by atoms with van der Waals surface area (Å²) < 4.78 is 0.789. The Kier molecular flexibility index (Phi) is 4.59. The largest absolute Gasteiger partial charge is 0.304 e. The van der Waals surface area contributed by atoms with Crippen molar-refractivity contribution in [2.24, 2.45) is 0 Å². The molecule has 0 bridgehead atoms. The quantitative estimate of drug-likeness (QED) is 0.739. The van der Waals surface area contributed by atoms with Gasteiger partial charge in [0.2, 0.25) is 0 Å². The minimum absolute atomic E-state index is 0.210. The van der Waals surface area contributed by atoms with Crippen LogP contribution in [-0.2, 0) is 0 Å². The van der Waals surface area contributed by atoms with Crippen LogP contribution in [0, 0.1) is 6.92 Å². The lowest BCUT2D eigenvalue weighted by atomic mass is 10.2. The van der Waals surface area contributed by atoms with Gasteiger partial charge in [-0.15, -0.1) is 0 Å². The molecule has 0 radical (unpaired) electrons. The van der Waals surface area contributed by atoms with Gasteiger partial charge in [-0.2, -0.15) is 0 Å². The summed E-state index contributed by atoms with van der Waals surface area (Å²) >= 11 is 9.53. The van der Waals surface area contributed by atoms with Crippen molar-refractivity contribution in [2.75, 3.05) is 33.7 Å². The van der Waals surface area contributed by atoms with Gasteiger partial charge in [-0.3, -0.25) is 4.90 Å². The highest BCUT2D eigenvalue weighted by Crippen LogP contribution is 2.27. The monoisotopic (exact) mass is 332 g/mol. The average molecular weight is 334 g/mol. The Morgan fingerprint density at radius 2 is 2.00 bits per heavy atom. The van der Waals surface area contributed by atoms with Crippen LogP contribution in [0.15, 0.2) is 4.47 Å². The molecule has 1 aromatic heterocycles. The topological polar surface area (TPSA) is 32.3 Å². The molecule has 1 atom stereocenters. The van der Waals surface area contributed by atoms with Crippen molar-refractivity contribution >= 4 is 27.5 Å². The number of hydrogen-bond donors (Lipinski definition) is 0. The highest BCUT2D eigenvalue weighted by Gasteiger charge is 2.25. The third-order valence-corrected chi connectivity index (χ3v) is 4.81. The Morgan fingerprint density at radius 3 is 2.67 bits per heavy atom. The maximum Gasteiger partial charge on any atom is 0.148 e. The fourth-order valence-electron chi connectivity index (χ4n) is 2.24. The predicted molar refractivity (Wildman–Crippen MR) is 77.0 cm³/mol. The van der Waals surface area contributed by atoms with Crippen LogP contribution in [0.4, 0.5) is 0 Å². The molecule has 6 heteroatoms. The van der Waals surface area contributed by atoms with Gasteiger partial charge in [0.25, 0.3) is 0 Å². The van der Waals surface area contributed by atoms with Gasteiger partial charge in [-0.25, -0.2) is 9.97 Å². The van der Waals surface area contributed by atoms with E-state index in [1.54, 1.807) is 0 Å². The van der Waals surface area contributed by atoms with Gasteiger partial charge in [0, 0.05) is 6.54 Å². The van der Waals surface area contributed by atoms with Crippen molar-refractivity contribution in [3.8, 4) is 0 Å². The Morgan fingerprint density at radius 1 is 1.28 bits per heavy atom. The van der Waals surface area contributed by atoms with Crippen LogP contribution in [0.2, 0.25) is 5.15 Å². The maximum atomic E-state index is 6.13. The van der Waals surface area contributed by atoms with E-state index in [4.69, 9.17) is 11.6 Å². The number of halogens is 2. The lowest BCUT2D eigenvalue weighted by Crippen LogP contribution is -2.32. The molecule has 2 rings (SSSR count). The van der Waals surface area contributed by atoms with Gasteiger partial charge in [-0.05, 0) is 56.5 Å². The first-order chi connectivity index (χ1) is 8.49. The van der Waals surface area contributed by atoms with Crippen molar-refractivity contribution < 1.29 is 0 Å². The van der Waals surface area contributed by atoms with E-state index in [0.717, 1.165) is 35.6 Å². The van der Waals surface area contributed by atoms with Gasteiger partial charge < -0.3 is 4.90 Å². The normalized spacial score (nSPS) is 23.1. The van der Waals surface area contributed by atoms with Gasteiger partial charge in [0.15, 0.2) is 0 Å². The first kappa shape index (κ1) is 14.2. The average Bonchev–Trinajstić information content (AvgIpc) is 2.47. The van der Waals surface area contributed by atoms with E-state index < -0.39 is 0 Å². The second kappa shape index (κ2) is 5.82. The highest BCUT2D eigenvalue weighted by molar-refractivity contribution is 9.10. The summed E-state index contributed by atoms with van der Waals surface area (Å²) in [6, 6.07) is 0.210. The Labute approximate surface area is 121 Å². The van der Waals surface area contributed by atoms with Crippen molar-refractivity contribution in [1.82, 2.24) is 19.8 Å². The molecule has 0 amide bonds. The number of hydrogen-bond acceptors (Lipinski definition) is 4. The minimum Gasteiger partial charge on any atom is -0.304 e. The molecule has 100 valence electrons. The Hall–Kier alpha value is -0.230. The first-order valence-corrected chi connectivity index (χ1v) is 7.24. The molecule has 0 aliphatic carbocycles. The molecule has 1 unspecified atom stereocenters. The Bertz CT molecular complexity index is 417. The van der Waals surface area contributed by atoms with E-state index in [-0.39, 0.29) is 6.04 Å². The lowest BCUT2D eigenvalue weighted by molar-refractivity contribution is 0.219. The van der Waals surface area contributed by atoms with E-state index in [1.165, 1.54) is 6.42 Å². The summed E-state index contributed by atoms with van der Waals surface area (Å²) in [5.74, 6) is 0.817. The van der Waals surface area contributed by atoms with E-state index in [1.807, 2.05) is 6.92 Å². The molecule has 1 saturated heterocycles. The fraction of sp³-hybridized carbons (Fsp3) is 0.667. The molecule has 0 N–H and O–H groups in total. The number of nitrogens with zero attached hydrogens (tertiary/aromatic N) is 4. The number of aryl methyl sites for hydroxylation is 1. The van der Waals surface area contributed by atoms with Crippen LogP contribution in [0.3, 0.4) is 0 Å². The minimum atomic E-state index is 0.210. The van der Waals surface area contributed by atoms with E-state index in [9.17, 15) is 0 Å². The zero-order valence-corrected chi connectivity index (χ0v) is 13.3. The van der Waals surface area contributed by atoms with Crippen molar-refractivity contribution in [3.05, 3.63) is 21.1 Å². The SMILES string of the molecule is Cc1nc(C2CN(C)CCCN2C)nc(Cl)c1Br. The molecule has 2 heterocycles. The summed E-state index contributed by atoms with van der Waals surface area (Å²) in [6.07, 6.45) is 1.17. The molecule has 1 aliphatic rings. The molecule has 18 heavy (non-hydrogen) atoms. The third kappa shape index (κ3) is 3.02. The molecule has 0 aromatic carbocycles. The number of aromatic nitrogens is 2. The summed E-state index contributed by atoms with van der Waals surface area (Å²) in [6.45, 7) is 5.06. The zero-order valence-electron chi connectivity index (χ0n) is 11.0. The smallest absolute Gasteiger partial charge is 0.148 e. The van der Waals surface area contributed by atoms with Gasteiger partial charge in [-0.1, -0.05) is 11.6 Å². The van der Waals surface area contributed by atoms with E-state index in [2.05, 4.69) is 49.8 Å². The molecular weight excluding hydrogens is 316 g/mol.